The average molecular weight is 337 g/mol. The summed E-state index contributed by atoms with van der Waals surface area (Å²) in [6.07, 6.45) is 7.53. The van der Waals surface area contributed by atoms with Gasteiger partial charge in [0.15, 0.2) is 0 Å². The molecule has 2 N–H and O–H groups in total. The van der Waals surface area contributed by atoms with Gasteiger partial charge in [-0.05, 0) is 55.9 Å². The number of halogens is 1. The van der Waals surface area contributed by atoms with Crippen LogP contribution in [0.25, 0.3) is 0 Å². The van der Waals surface area contributed by atoms with E-state index >= 15 is 0 Å². The highest BCUT2D eigenvalue weighted by Gasteiger charge is 2.30. The molecule has 0 bridgehead atoms. The number of nitrogens with zero attached hydrogens (tertiary/aromatic N) is 1. The van der Waals surface area contributed by atoms with Crippen LogP contribution in [0, 0.1) is 11.8 Å². The number of rotatable bonds is 5. The van der Waals surface area contributed by atoms with Gasteiger partial charge >= 0.3 is 0 Å². The fourth-order valence-corrected chi connectivity index (χ4v) is 3.87. The Balaban J connectivity index is 0.00000220. The lowest BCUT2D eigenvalue weighted by Gasteiger charge is -2.38. The Bertz CT molecular complexity index is 306. The van der Waals surface area contributed by atoms with Crippen LogP contribution in [-0.2, 0) is 9.53 Å². The molecule has 2 heterocycles. The molecule has 2 saturated heterocycles. The van der Waals surface area contributed by atoms with Crippen molar-refractivity contribution in [2.75, 3.05) is 38.3 Å². The maximum absolute atomic E-state index is 12.3. The molecule has 2 rings (SSSR count). The molecular weight excluding hydrogens is 308 g/mol. The lowest BCUT2D eigenvalue weighted by molar-refractivity contribution is -0.134. The lowest BCUT2D eigenvalue weighted by atomic mass is 9.80. The molecule has 1 atom stereocenters. The number of likely N-dealkylation sites (tertiary alicyclic amines) is 1. The van der Waals surface area contributed by atoms with E-state index in [0.29, 0.717) is 0 Å². The summed E-state index contributed by atoms with van der Waals surface area (Å²) in [7, 11) is 0. The van der Waals surface area contributed by atoms with Crippen LogP contribution >= 0.6 is 24.2 Å². The maximum atomic E-state index is 12.3. The van der Waals surface area contributed by atoms with Gasteiger partial charge in [0, 0.05) is 26.3 Å². The van der Waals surface area contributed by atoms with E-state index in [-0.39, 0.29) is 24.4 Å². The topological polar surface area (TPSA) is 55.6 Å². The molecule has 2 fully saturated rings. The third kappa shape index (κ3) is 5.62. The molecule has 0 saturated carbocycles. The van der Waals surface area contributed by atoms with E-state index in [1.54, 1.807) is 11.8 Å². The maximum Gasteiger partial charge on any atom is 0.239 e. The van der Waals surface area contributed by atoms with Crippen molar-refractivity contribution in [2.45, 2.75) is 38.1 Å². The van der Waals surface area contributed by atoms with E-state index in [1.165, 1.54) is 12.8 Å². The minimum absolute atomic E-state index is 0. The van der Waals surface area contributed by atoms with Crippen LogP contribution in [0.15, 0.2) is 0 Å². The van der Waals surface area contributed by atoms with Crippen molar-refractivity contribution in [2.24, 2.45) is 17.6 Å². The minimum atomic E-state index is -0.304. The summed E-state index contributed by atoms with van der Waals surface area (Å²) in [6, 6.07) is -0.304. The van der Waals surface area contributed by atoms with E-state index in [2.05, 4.69) is 6.26 Å². The number of nitrogens with two attached hydrogens (primary N) is 1. The number of ether oxygens (including phenoxy) is 1. The molecule has 2 aliphatic heterocycles. The Hall–Kier alpha value is 0.0300. The summed E-state index contributed by atoms with van der Waals surface area (Å²) in [4.78, 5) is 14.2. The zero-order valence-corrected chi connectivity index (χ0v) is 14.6. The third-order valence-corrected chi connectivity index (χ3v) is 5.38. The molecule has 2 aliphatic rings. The van der Waals surface area contributed by atoms with Crippen LogP contribution in [0.2, 0.25) is 0 Å². The van der Waals surface area contributed by atoms with Crippen LogP contribution in [0.5, 0.6) is 0 Å². The smallest absolute Gasteiger partial charge is 0.239 e. The SMILES string of the molecule is CSCC[C@H](N)C(=O)N1CCC(C2CCOCC2)CC1.Cl. The standard InChI is InChI=1S/C15H28N2O2S.ClH/c1-20-11-6-14(16)15(18)17-7-2-12(3-8-17)13-4-9-19-10-5-13;/h12-14H,2-11,16H2,1H3;1H/t14-;/m0./s1. The zero-order chi connectivity index (χ0) is 14.4. The molecule has 0 spiro atoms. The van der Waals surface area contributed by atoms with Crippen molar-refractivity contribution in [3.8, 4) is 0 Å². The Kier molecular flexibility index (Phi) is 9.02. The number of amides is 1. The monoisotopic (exact) mass is 336 g/mol. The summed E-state index contributed by atoms with van der Waals surface area (Å²) in [5, 5.41) is 0. The first kappa shape index (κ1) is 19.1. The summed E-state index contributed by atoms with van der Waals surface area (Å²) in [6.45, 7) is 3.63. The molecule has 0 aromatic heterocycles. The lowest BCUT2D eigenvalue weighted by Crippen LogP contribution is -2.48. The minimum Gasteiger partial charge on any atom is -0.381 e. The summed E-state index contributed by atoms with van der Waals surface area (Å²) in [5.41, 5.74) is 5.99. The predicted molar refractivity (Wildman–Crippen MR) is 91.1 cm³/mol. The number of hydrogen-bond acceptors (Lipinski definition) is 4. The van der Waals surface area contributed by atoms with Gasteiger partial charge in [0.25, 0.3) is 0 Å². The van der Waals surface area contributed by atoms with Crippen molar-refractivity contribution >= 4 is 30.1 Å². The summed E-state index contributed by atoms with van der Waals surface area (Å²) < 4.78 is 5.44. The second-order valence-electron chi connectivity index (χ2n) is 6.00. The quantitative estimate of drug-likeness (QED) is 0.835. The van der Waals surface area contributed by atoms with Gasteiger partial charge in [-0.15, -0.1) is 12.4 Å². The number of carbonyl (C=O) groups excluding carboxylic acids is 1. The van der Waals surface area contributed by atoms with Gasteiger partial charge in [0.05, 0.1) is 6.04 Å². The van der Waals surface area contributed by atoms with Crippen molar-refractivity contribution < 1.29 is 9.53 Å². The van der Waals surface area contributed by atoms with Gasteiger partial charge in [-0.25, -0.2) is 0 Å². The largest absolute Gasteiger partial charge is 0.381 e. The number of piperidine rings is 1. The van der Waals surface area contributed by atoms with Crippen LogP contribution in [-0.4, -0.2) is 55.2 Å². The number of hydrogen-bond donors (Lipinski definition) is 1. The molecule has 0 aromatic carbocycles. The fourth-order valence-electron chi connectivity index (χ4n) is 3.38. The van der Waals surface area contributed by atoms with E-state index in [1.807, 2.05) is 4.90 Å². The van der Waals surface area contributed by atoms with Crippen LogP contribution < -0.4 is 5.73 Å². The number of thioether (sulfide) groups is 1. The average Bonchev–Trinajstić information content (AvgIpc) is 2.53. The summed E-state index contributed by atoms with van der Waals surface area (Å²) >= 11 is 1.75. The molecule has 21 heavy (non-hydrogen) atoms. The van der Waals surface area contributed by atoms with Gasteiger partial charge in [0.1, 0.15) is 0 Å². The first-order chi connectivity index (χ1) is 9.72. The molecule has 0 aliphatic carbocycles. The Morgan fingerprint density at radius 3 is 2.38 bits per heavy atom. The molecular formula is C15H29ClN2O2S. The van der Waals surface area contributed by atoms with Crippen LogP contribution in [0.1, 0.15) is 32.1 Å². The molecule has 0 aromatic rings. The predicted octanol–water partition coefficient (Wildman–Crippen LogP) is 2.15. The van der Waals surface area contributed by atoms with E-state index < -0.39 is 0 Å². The molecule has 1 amide bonds. The van der Waals surface area contributed by atoms with Crippen molar-refractivity contribution in [3.05, 3.63) is 0 Å². The third-order valence-electron chi connectivity index (χ3n) is 4.73. The van der Waals surface area contributed by atoms with E-state index in [9.17, 15) is 4.79 Å². The van der Waals surface area contributed by atoms with Crippen molar-refractivity contribution in [3.63, 3.8) is 0 Å². The van der Waals surface area contributed by atoms with Crippen LogP contribution in [0.3, 0.4) is 0 Å². The van der Waals surface area contributed by atoms with Gasteiger partial charge in [-0.3, -0.25) is 4.79 Å². The Labute approximate surface area is 138 Å². The normalized spacial score (nSPS) is 22.7. The van der Waals surface area contributed by atoms with Gasteiger partial charge in [-0.1, -0.05) is 0 Å². The second-order valence-corrected chi connectivity index (χ2v) is 6.99. The molecule has 4 nitrogen and oxygen atoms in total. The van der Waals surface area contributed by atoms with Gasteiger partial charge in [0.2, 0.25) is 5.91 Å². The van der Waals surface area contributed by atoms with Gasteiger partial charge in [-0.2, -0.15) is 11.8 Å². The highest BCUT2D eigenvalue weighted by molar-refractivity contribution is 7.98. The molecule has 124 valence electrons. The number of carbonyl (C=O) groups is 1. The first-order valence-electron chi connectivity index (χ1n) is 7.83. The molecule has 0 radical (unpaired) electrons. The fraction of sp³-hybridized carbons (Fsp3) is 0.933. The van der Waals surface area contributed by atoms with Crippen LogP contribution in [0.4, 0.5) is 0 Å². The highest BCUT2D eigenvalue weighted by Crippen LogP contribution is 2.31. The Morgan fingerprint density at radius 2 is 1.81 bits per heavy atom. The van der Waals surface area contributed by atoms with E-state index in [4.69, 9.17) is 10.5 Å². The zero-order valence-electron chi connectivity index (χ0n) is 13.0. The van der Waals surface area contributed by atoms with E-state index in [0.717, 1.165) is 63.2 Å². The molecule has 0 unspecified atom stereocenters. The van der Waals surface area contributed by atoms with Crippen molar-refractivity contribution in [1.82, 2.24) is 4.90 Å². The Morgan fingerprint density at radius 1 is 1.24 bits per heavy atom. The van der Waals surface area contributed by atoms with Gasteiger partial charge < -0.3 is 15.4 Å². The first-order valence-corrected chi connectivity index (χ1v) is 9.22. The highest BCUT2D eigenvalue weighted by atomic mass is 35.5. The second kappa shape index (κ2) is 9.93. The summed E-state index contributed by atoms with van der Waals surface area (Å²) in [5.74, 6) is 2.71. The van der Waals surface area contributed by atoms with Crippen molar-refractivity contribution in [1.29, 1.82) is 0 Å². The molecule has 6 heteroatoms.